The molecule has 3 nitrogen and oxygen atoms in total. The van der Waals surface area contributed by atoms with Crippen molar-refractivity contribution in [2.45, 2.75) is 78.1 Å². The summed E-state index contributed by atoms with van der Waals surface area (Å²) >= 11 is 0. The molecule has 0 atom stereocenters. The first-order valence-corrected chi connectivity index (χ1v) is 9.29. The fraction of sp³-hybridized carbons (Fsp3) is 0.650. The lowest BCUT2D eigenvalue weighted by molar-refractivity contribution is -0.116. The van der Waals surface area contributed by atoms with Crippen LogP contribution in [-0.4, -0.2) is 12.5 Å². The van der Waals surface area contributed by atoms with Crippen molar-refractivity contribution in [3.05, 3.63) is 24.3 Å². The summed E-state index contributed by atoms with van der Waals surface area (Å²) in [4.78, 5) is 11.9. The zero-order valence-corrected chi connectivity index (χ0v) is 14.9. The van der Waals surface area contributed by atoms with Gasteiger partial charge in [0.2, 0.25) is 5.91 Å². The molecule has 0 aromatic heterocycles. The highest BCUT2D eigenvalue weighted by atomic mass is 16.5. The van der Waals surface area contributed by atoms with Crippen LogP contribution < -0.4 is 10.1 Å². The van der Waals surface area contributed by atoms with Crippen molar-refractivity contribution in [1.29, 1.82) is 0 Å². The summed E-state index contributed by atoms with van der Waals surface area (Å²) < 4.78 is 5.70. The second-order valence-electron chi connectivity index (χ2n) is 6.15. The summed E-state index contributed by atoms with van der Waals surface area (Å²) in [6.07, 6.45) is 11.3. The molecule has 1 amide bonds. The van der Waals surface area contributed by atoms with Crippen LogP contribution in [0.3, 0.4) is 0 Å². The number of hydrogen-bond donors (Lipinski definition) is 1. The molecule has 0 aliphatic carbocycles. The van der Waals surface area contributed by atoms with Gasteiger partial charge in [-0.3, -0.25) is 4.79 Å². The van der Waals surface area contributed by atoms with Crippen LogP contribution in [0.25, 0.3) is 0 Å². The number of amides is 1. The summed E-state index contributed by atoms with van der Waals surface area (Å²) in [6, 6.07) is 7.68. The topological polar surface area (TPSA) is 38.3 Å². The summed E-state index contributed by atoms with van der Waals surface area (Å²) in [7, 11) is 0. The number of ether oxygens (including phenoxy) is 1. The number of carbonyl (C=O) groups is 1. The Morgan fingerprint density at radius 1 is 0.870 bits per heavy atom. The van der Waals surface area contributed by atoms with E-state index in [2.05, 4.69) is 19.2 Å². The molecule has 0 heterocycles. The van der Waals surface area contributed by atoms with Gasteiger partial charge in [0.1, 0.15) is 5.75 Å². The lowest BCUT2D eigenvalue weighted by atomic mass is 10.1. The van der Waals surface area contributed by atoms with Crippen LogP contribution >= 0.6 is 0 Å². The molecule has 0 saturated carbocycles. The van der Waals surface area contributed by atoms with E-state index in [4.69, 9.17) is 4.74 Å². The lowest BCUT2D eigenvalue weighted by Gasteiger charge is -2.08. The number of carbonyl (C=O) groups excluding carboxylic acids is 1. The molecule has 0 unspecified atom stereocenters. The molecule has 1 N–H and O–H groups in total. The van der Waals surface area contributed by atoms with Crippen molar-refractivity contribution in [2.24, 2.45) is 0 Å². The average Bonchev–Trinajstić information content (AvgIpc) is 2.56. The maximum Gasteiger partial charge on any atom is 0.224 e. The highest BCUT2D eigenvalue weighted by molar-refractivity contribution is 5.90. The van der Waals surface area contributed by atoms with Crippen molar-refractivity contribution in [2.75, 3.05) is 11.9 Å². The van der Waals surface area contributed by atoms with Gasteiger partial charge in [0.05, 0.1) is 6.61 Å². The van der Waals surface area contributed by atoms with Crippen molar-refractivity contribution in [1.82, 2.24) is 0 Å². The SMILES string of the molecule is CCCCCCCC(=O)Nc1ccc(OCCCCCC)cc1. The maximum absolute atomic E-state index is 11.9. The third kappa shape index (κ3) is 9.98. The molecule has 1 rings (SSSR count). The summed E-state index contributed by atoms with van der Waals surface area (Å²) in [5.41, 5.74) is 0.849. The van der Waals surface area contributed by atoms with Crippen LogP contribution in [0, 0.1) is 0 Å². The predicted octanol–water partition coefficient (Wildman–Crippen LogP) is 5.94. The molecule has 23 heavy (non-hydrogen) atoms. The van der Waals surface area contributed by atoms with Gasteiger partial charge in [-0.1, -0.05) is 58.8 Å². The van der Waals surface area contributed by atoms with Crippen LogP contribution in [0.15, 0.2) is 24.3 Å². The molecule has 0 radical (unpaired) electrons. The minimum absolute atomic E-state index is 0.106. The molecule has 0 fully saturated rings. The largest absolute Gasteiger partial charge is 0.494 e. The van der Waals surface area contributed by atoms with E-state index in [1.54, 1.807) is 0 Å². The fourth-order valence-corrected chi connectivity index (χ4v) is 2.47. The van der Waals surface area contributed by atoms with Crippen LogP contribution in [0.2, 0.25) is 0 Å². The zero-order chi connectivity index (χ0) is 16.8. The van der Waals surface area contributed by atoms with Crippen LogP contribution in [0.1, 0.15) is 78.1 Å². The summed E-state index contributed by atoms with van der Waals surface area (Å²) in [5, 5.41) is 2.95. The highest BCUT2D eigenvalue weighted by Gasteiger charge is 2.02. The van der Waals surface area contributed by atoms with E-state index in [0.717, 1.165) is 37.3 Å². The van der Waals surface area contributed by atoms with Gasteiger partial charge < -0.3 is 10.1 Å². The standard InChI is InChI=1S/C20H33NO2/c1-3-5-7-9-10-12-20(22)21-18-13-15-19(16-14-18)23-17-11-8-6-4-2/h13-16H,3-12,17H2,1-2H3,(H,21,22). The molecule has 1 aromatic rings. The van der Waals surface area contributed by atoms with Gasteiger partial charge >= 0.3 is 0 Å². The molecular formula is C20H33NO2. The van der Waals surface area contributed by atoms with Crippen molar-refractivity contribution in [3.8, 4) is 5.75 Å². The molecule has 0 aliphatic rings. The molecule has 1 aromatic carbocycles. The number of anilines is 1. The molecule has 130 valence electrons. The van der Waals surface area contributed by atoms with E-state index >= 15 is 0 Å². The van der Waals surface area contributed by atoms with Gasteiger partial charge in [-0.15, -0.1) is 0 Å². The van der Waals surface area contributed by atoms with Crippen molar-refractivity contribution in [3.63, 3.8) is 0 Å². The smallest absolute Gasteiger partial charge is 0.224 e. The molecule has 0 bridgehead atoms. The Hall–Kier alpha value is -1.51. The van der Waals surface area contributed by atoms with Gasteiger partial charge in [0.25, 0.3) is 0 Å². The van der Waals surface area contributed by atoms with E-state index in [1.807, 2.05) is 24.3 Å². The first kappa shape index (κ1) is 19.5. The van der Waals surface area contributed by atoms with Crippen LogP contribution in [-0.2, 0) is 4.79 Å². The number of benzene rings is 1. The average molecular weight is 319 g/mol. The zero-order valence-electron chi connectivity index (χ0n) is 14.9. The Balaban J connectivity index is 2.18. The Kier molecular flexibility index (Phi) is 11.0. The van der Waals surface area contributed by atoms with Gasteiger partial charge in [0.15, 0.2) is 0 Å². The first-order valence-electron chi connectivity index (χ1n) is 9.29. The normalized spacial score (nSPS) is 10.5. The molecular weight excluding hydrogens is 286 g/mol. The Morgan fingerprint density at radius 2 is 1.48 bits per heavy atom. The van der Waals surface area contributed by atoms with Crippen LogP contribution in [0.5, 0.6) is 5.75 Å². The van der Waals surface area contributed by atoms with E-state index in [-0.39, 0.29) is 5.91 Å². The third-order valence-corrected chi connectivity index (χ3v) is 3.91. The minimum atomic E-state index is 0.106. The predicted molar refractivity (Wildman–Crippen MR) is 98.1 cm³/mol. The Labute approximate surface area is 141 Å². The Morgan fingerprint density at radius 3 is 2.13 bits per heavy atom. The number of hydrogen-bond acceptors (Lipinski definition) is 2. The first-order chi connectivity index (χ1) is 11.3. The quantitative estimate of drug-likeness (QED) is 0.457. The second-order valence-corrected chi connectivity index (χ2v) is 6.15. The Bertz CT molecular complexity index is 414. The van der Waals surface area contributed by atoms with E-state index in [0.29, 0.717) is 6.42 Å². The number of unbranched alkanes of at least 4 members (excludes halogenated alkanes) is 7. The minimum Gasteiger partial charge on any atom is -0.494 e. The van der Waals surface area contributed by atoms with Gasteiger partial charge in [0, 0.05) is 12.1 Å². The van der Waals surface area contributed by atoms with Gasteiger partial charge in [-0.2, -0.15) is 0 Å². The number of nitrogens with one attached hydrogen (secondary N) is 1. The van der Waals surface area contributed by atoms with E-state index in [9.17, 15) is 4.79 Å². The van der Waals surface area contributed by atoms with Gasteiger partial charge in [-0.05, 0) is 37.1 Å². The summed E-state index contributed by atoms with van der Waals surface area (Å²) in [5.74, 6) is 0.980. The monoisotopic (exact) mass is 319 g/mol. The molecule has 0 saturated heterocycles. The third-order valence-electron chi connectivity index (χ3n) is 3.91. The lowest BCUT2D eigenvalue weighted by Crippen LogP contribution is -2.10. The van der Waals surface area contributed by atoms with Crippen LogP contribution in [0.4, 0.5) is 5.69 Å². The van der Waals surface area contributed by atoms with Crippen molar-refractivity contribution < 1.29 is 9.53 Å². The highest BCUT2D eigenvalue weighted by Crippen LogP contribution is 2.17. The van der Waals surface area contributed by atoms with E-state index in [1.165, 1.54) is 38.5 Å². The van der Waals surface area contributed by atoms with Crippen molar-refractivity contribution >= 4 is 11.6 Å². The molecule has 0 spiro atoms. The number of rotatable bonds is 13. The summed E-state index contributed by atoms with van der Waals surface area (Å²) in [6.45, 7) is 5.17. The molecule has 3 heteroatoms. The second kappa shape index (κ2) is 13.0. The van der Waals surface area contributed by atoms with Gasteiger partial charge in [-0.25, -0.2) is 0 Å². The van der Waals surface area contributed by atoms with E-state index < -0.39 is 0 Å². The maximum atomic E-state index is 11.9. The molecule has 0 aliphatic heterocycles. The fourth-order valence-electron chi connectivity index (χ4n) is 2.47.